The second-order valence-corrected chi connectivity index (χ2v) is 3.24. The van der Waals surface area contributed by atoms with Crippen LogP contribution in [0.1, 0.15) is 21.5 Å². The van der Waals surface area contributed by atoms with Gasteiger partial charge >= 0.3 is 5.97 Å². The Kier molecular flexibility index (Phi) is 2.43. The molecule has 0 amide bonds. The standard InChI is InChI=1S/C9H10O2S/c1-5-3-6(2)8(12)4-7(5)9(10)11/h3-4,12H,1-2H3,(H,10,11). The van der Waals surface area contributed by atoms with E-state index in [0.29, 0.717) is 5.56 Å². The molecule has 3 heteroatoms. The molecule has 0 radical (unpaired) electrons. The monoisotopic (exact) mass is 182 g/mol. The Hall–Kier alpha value is -0.960. The number of carboxylic acid groups (broad SMARTS) is 1. The molecule has 0 aromatic heterocycles. The molecule has 0 saturated carbocycles. The highest BCUT2D eigenvalue weighted by atomic mass is 32.1. The van der Waals surface area contributed by atoms with E-state index in [4.69, 9.17) is 5.11 Å². The number of aryl methyl sites for hydroxylation is 2. The predicted octanol–water partition coefficient (Wildman–Crippen LogP) is 2.29. The topological polar surface area (TPSA) is 37.3 Å². The van der Waals surface area contributed by atoms with Gasteiger partial charge in [-0.25, -0.2) is 4.79 Å². The summed E-state index contributed by atoms with van der Waals surface area (Å²) in [6, 6.07) is 3.40. The third kappa shape index (κ3) is 1.61. The second-order valence-electron chi connectivity index (χ2n) is 2.76. The summed E-state index contributed by atoms with van der Waals surface area (Å²) >= 11 is 4.15. The molecule has 1 aromatic carbocycles. The summed E-state index contributed by atoms with van der Waals surface area (Å²) in [7, 11) is 0. The number of benzene rings is 1. The van der Waals surface area contributed by atoms with Crippen LogP contribution in [0.4, 0.5) is 0 Å². The van der Waals surface area contributed by atoms with Crippen molar-refractivity contribution < 1.29 is 9.90 Å². The van der Waals surface area contributed by atoms with Crippen molar-refractivity contribution in [2.75, 3.05) is 0 Å². The minimum atomic E-state index is -0.900. The van der Waals surface area contributed by atoms with Gasteiger partial charge < -0.3 is 5.11 Å². The van der Waals surface area contributed by atoms with Crippen LogP contribution in [0.15, 0.2) is 17.0 Å². The van der Waals surface area contributed by atoms with Gasteiger partial charge in [-0.05, 0) is 31.0 Å². The van der Waals surface area contributed by atoms with Gasteiger partial charge in [-0.15, -0.1) is 12.6 Å². The molecule has 0 aliphatic rings. The van der Waals surface area contributed by atoms with E-state index in [-0.39, 0.29) is 0 Å². The van der Waals surface area contributed by atoms with Gasteiger partial charge in [-0.3, -0.25) is 0 Å². The summed E-state index contributed by atoms with van der Waals surface area (Å²) in [5.74, 6) is -0.900. The van der Waals surface area contributed by atoms with E-state index in [9.17, 15) is 4.79 Å². The zero-order chi connectivity index (χ0) is 9.30. The predicted molar refractivity (Wildman–Crippen MR) is 50.1 cm³/mol. The maximum Gasteiger partial charge on any atom is 0.335 e. The van der Waals surface area contributed by atoms with Gasteiger partial charge in [0.1, 0.15) is 0 Å². The largest absolute Gasteiger partial charge is 0.478 e. The number of hydrogen-bond acceptors (Lipinski definition) is 2. The van der Waals surface area contributed by atoms with Gasteiger partial charge in [0.15, 0.2) is 0 Å². The highest BCUT2D eigenvalue weighted by Crippen LogP contribution is 2.18. The number of thiol groups is 1. The second kappa shape index (κ2) is 3.19. The quantitative estimate of drug-likeness (QED) is 0.654. The Morgan fingerprint density at radius 3 is 2.42 bits per heavy atom. The molecule has 2 nitrogen and oxygen atoms in total. The lowest BCUT2D eigenvalue weighted by atomic mass is 10.1. The Labute approximate surface area is 76.6 Å². The Morgan fingerprint density at radius 2 is 1.92 bits per heavy atom. The van der Waals surface area contributed by atoms with Crippen molar-refractivity contribution in [3.8, 4) is 0 Å². The van der Waals surface area contributed by atoms with E-state index in [1.165, 1.54) is 0 Å². The van der Waals surface area contributed by atoms with Crippen molar-refractivity contribution in [1.29, 1.82) is 0 Å². The van der Waals surface area contributed by atoms with E-state index in [1.54, 1.807) is 13.0 Å². The third-order valence-corrected chi connectivity index (χ3v) is 2.26. The maximum absolute atomic E-state index is 10.7. The molecule has 0 atom stereocenters. The van der Waals surface area contributed by atoms with Crippen molar-refractivity contribution in [2.24, 2.45) is 0 Å². The van der Waals surface area contributed by atoms with Crippen molar-refractivity contribution in [3.63, 3.8) is 0 Å². The van der Waals surface area contributed by atoms with Crippen LogP contribution in [-0.4, -0.2) is 11.1 Å². The summed E-state index contributed by atoms with van der Waals surface area (Å²) in [6.07, 6.45) is 0. The number of hydrogen-bond donors (Lipinski definition) is 2. The van der Waals surface area contributed by atoms with Gasteiger partial charge in [0.25, 0.3) is 0 Å². The van der Waals surface area contributed by atoms with Crippen molar-refractivity contribution in [3.05, 3.63) is 28.8 Å². The smallest absolute Gasteiger partial charge is 0.335 e. The van der Waals surface area contributed by atoms with Crippen LogP contribution in [0.2, 0.25) is 0 Å². The van der Waals surface area contributed by atoms with Crippen LogP contribution in [0.5, 0.6) is 0 Å². The van der Waals surface area contributed by atoms with Crippen molar-refractivity contribution in [2.45, 2.75) is 18.7 Å². The minimum Gasteiger partial charge on any atom is -0.478 e. The number of carbonyl (C=O) groups is 1. The van der Waals surface area contributed by atoms with Gasteiger partial charge in [-0.2, -0.15) is 0 Å². The van der Waals surface area contributed by atoms with Crippen molar-refractivity contribution in [1.82, 2.24) is 0 Å². The van der Waals surface area contributed by atoms with Gasteiger partial charge in [0.2, 0.25) is 0 Å². The fourth-order valence-electron chi connectivity index (χ4n) is 1.07. The Balaban J connectivity index is 3.33. The normalized spacial score (nSPS) is 9.92. The molecule has 12 heavy (non-hydrogen) atoms. The Morgan fingerprint density at radius 1 is 1.33 bits per heavy atom. The highest BCUT2D eigenvalue weighted by Gasteiger charge is 2.08. The zero-order valence-electron chi connectivity index (χ0n) is 6.96. The van der Waals surface area contributed by atoms with E-state index >= 15 is 0 Å². The summed E-state index contributed by atoms with van der Waals surface area (Å²) in [5, 5.41) is 8.75. The van der Waals surface area contributed by atoms with Crippen LogP contribution in [0.25, 0.3) is 0 Å². The van der Waals surface area contributed by atoms with Crippen molar-refractivity contribution >= 4 is 18.6 Å². The zero-order valence-corrected chi connectivity index (χ0v) is 7.85. The van der Waals surface area contributed by atoms with Gasteiger partial charge in [0, 0.05) is 4.90 Å². The molecule has 1 aromatic rings. The first kappa shape index (κ1) is 9.13. The molecular formula is C9H10O2S. The Bertz CT molecular complexity index is 332. The molecule has 0 saturated heterocycles. The van der Waals surface area contributed by atoms with Crippen LogP contribution in [-0.2, 0) is 0 Å². The summed E-state index contributed by atoms with van der Waals surface area (Å²) in [6.45, 7) is 3.69. The van der Waals surface area contributed by atoms with Gasteiger partial charge in [-0.1, -0.05) is 6.07 Å². The fraction of sp³-hybridized carbons (Fsp3) is 0.222. The maximum atomic E-state index is 10.7. The molecule has 0 heterocycles. The van der Waals surface area contributed by atoms with Crippen LogP contribution >= 0.6 is 12.6 Å². The van der Waals surface area contributed by atoms with E-state index in [0.717, 1.165) is 16.0 Å². The molecule has 64 valence electrons. The third-order valence-electron chi connectivity index (χ3n) is 1.77. The molecule has 0 unspecified atom stereocenters. The lowest BCUT2D eigenvalue weighted by Gasteiger charge is -2.04. The van der Waals surface area contributed by atoms with E-state index in [2.05, 4.69) is 12.6 Å². The molecule has 0 spiro atoms. The van der Waals surface area contributed by atoms with E-state index < -0.39 is 5.97 Å². The first-order valence-electron chi connectivity index (χ1n) is 3.56. The average Bonchev–Trinajstić information content (AvgIpc) is 1.96. The number of aromatic carboxylic acids is 1. The lowest BCUT2D eigenvalue weighted by Crippen LogP contribution is -2.00. The minimum absolute atomic E-state index is 0.325. The molecular weight excluding hydrogens is 172 g/mol. The summed E-state index contributed by atoms with van der Waals surface area (Å²) < 4.78 is 0. The highest BCUT2D eigenvalue weighted by molar-refractivity contribution is 7.80. The molecule has 0 bridgehead atoms. The average molecular weight is 182 g/mol. The summed E-state index contributed by atoms with van der Waals surface area (Å²) in [5.41, 5.74) is 2.10. The first-order valence-corrected chi connectivity index (χ1v) is 4.00. The fourth-order valence-corrected chi connectivity index (χ4v) is 1.26. The molecule has 0 aliphatic carbocycles. The molecule has 0 aliphatic heterocycles. The number of carboxylic acids is 1. The van der Waals surface area contributed by atoms with Crippen LogP contribution < -0.4 is 0 Å². The molecule has 0 fully saturated rings. The lowest BCUT2D eigenvalue weighted by molar-refractivity contribution is 0.0696. The summed E-state index contributed by atoms with van der Waals surface area (Å²) in [4.78, 5) is 11.4. The van der Waals surface area contributed by atoms with Crippen LogP contribution in [0, 0.1) is 13.8 Å². The van der Waals surface area contributed by atoms with Gasteiger partial charge in [0.05, 0.1) is 5.56 Å². The molecule has 1 N–H and O–H groups in total. The van der Waals surface area contributed by atoms with E-state index in [1.807, 2.05) is 13.0 Å². The first-order chi connectivity index (χ1) is 5.52. The van der Waals surface area contributed by atoms with Crippen LogP contribution in [0.3, 0.4) is 0 Å². The molecule has 1 rings (SSSR count). The SMILES string of the molecule is Cc1cc(C)c(C(=O)O)cc1S. The number of rotatable bonds is 1.